The Morgan fingerprint density at radius 2 is 2.11 bits per heavy atom. The van der Waals surface area contributed by atoms with E-state index >= 15 is 0 Å². The average molecular weight is 259 g/mol. The maximum atomic E-state index is 5.49. The van der Waals surface area contributed by atoms with Gasteiger partial charge in [-0.3, -0.25) is 0 Å². The second-order valence-corrected chi connectivity index (χ2v) is 5.74. The molecule has 0 bridgehead atoms. The van der Waals surface area contributed by atoms with E-state index in [0.29, 0.717) is 12.0 Å². The van der Waals surface area contributed by atoms with Crippen molar-refractivity contribution >= 4 is 6.08 Å². The highest BCUT2D eigenvalue weighted by molar-refractivity contribution is 5.53. The summed E-state index contributed by atoms with van der Waals surface area (Å²) in [5.41, 5.74) is 4.09. The number of ether oxygens (including phenoxy) is 1. The summed E-state index contributed by atoms with van der Waals surface area (Å²) >= 11 is 0. The van der Waals surface area contributed by atoms with Gasteiger partial charge < -0.3 is 10.1 Å². The minimum Gasteiger partial charge on any atom is -0.379 e. The summed E-state index contributed by atoms with van der Waals surface area (Å²) in [6, 6.07) is 9.35. The molecule has 0 amide bonds. The predicted molar refractivity (Wildman–Crippen MR) is 81.4 cm³/mol. The molecule has 1 aliphatic heterocycles. The van der Waals surface area contributed by atoms with Gasteiger partial charge in [0.15, 0.2) is 0 Å². The molecule has 2 nitrogen and oxygen atoms in total. The van der Waals surface area contributed by atoms with Crippen molar-refractivity contribution in [2.45, 2.75) is 39.2 Å². The van der Waals surface area contributed by atoms with E-state index in [1.54, 1.807) is 0 Å². The Labute approximate surface area is 116 Å². The molecule has 1 aliphatic rings. The number of nitrogens with one attached hydrogen (secondary N) is 1. The van der Waals surface area contributed by atoms with Crippen molar-refractivity contribution < 1.29 is 4.74 Å². The lowest BCUT2D eigenvalue weighted by Gasteiger charge is -2.24. The first kappa shape index (κ1) is 14.3. The molecular formula is C17H25NO. The molecule has 104 valence electrons. The van der Waals surface area contributed by atoms with E-state index in [-0.39, 0.29) is 0 Å². The summed E-state index contributed by atoms with van der Waals surface area (Å²) in [7, 11) is 0. The highest BCUT2D eigenvalue weighted by atomic mass is 16.5. The molecule has 0 spiro atoms. The minimum absolute atomic E-state index is 0.472. The molecule has 1 atom stereocenters. The molecule has 1 aromatic carbocycles. The van der Waals surface area contributed by atoms with E-state index in [0.717, 1.165) is 26.2 Å². The first-order valence-electron chi connectivity index (χ1n) is 7.23. The van der Waals surface area contributed by atoms with E-state index < -0.39 is 0 Å². The number of morpholine rings is 1. The maximum absolute atomic E-state index is 5.49. The van der Waals surface area contributed by atoms with Crippen LogP contribution in [-0.4, -0.2) is 25.8 Å². The van der Waals surface area contributed by atoms with Crippen LogP contribution in [0.5, 0.6) is 0 Å². The number of hydrogen-bond donors (Lipinski definition) is 1. The minimum atomic E-state index is 0.472. The van der Waals surface area contributed by atoms with Crippen LogP contribution in [0.4, 0.5) is 0 Å². The zero-order valence-electron chi connectivity index (χ0n) is 12.3. The van der Waals surface area contributed by atoms with Gasteiger partial charge in [0.25, 0.3) is 0 Å². The first-order valence-corrected chi connectivity index (χ1v) is 7.23. The Kier molecular flexibility index (Phi) is 5.17. The molecular weight excluding hydrogens is 234 g/mol. The van der Waals surface area contributed by atoms with Gasteiger partial charge in [-0.15, -0.1) is 0 Å². The third kappa shape index (κ3) is 4.48. The summed E-state index contributed by atoms with van der Waals surface area (Å²) < 4.78 is 5.49. The lowest BCUT2D eigenvalue weighted by Crippen LogP contribution is -2.41. The van der Waals surface area contributed by atoms with Crippen LogP contribution in [0.15, 0.2) is 29.8 Å². The summed E-state index contributed by atoms with van der Waals surface area (Å²) in [5.74, 6) is 0.600. The van der Waals surface area contributed by atoms with Crippen LogP contribution in [-0.2, 0) is 4.74 Å². The molecule has 19 heavy (non-hydrogen) atoms. The molecule has 1 fully saturated rings. The second kappa shape index (κ2) is 6.88. The number of hydrogen-bond acceptors (Lipinski definition) is 2. The fraction of sp³-hybridized carbons (Fsp3) is 0.529. The second-order valence-electron chi connectivity index (χ2n) is 5.74. The van der Waals surface area contributed by atoms with Gasteiger partial charge in [-0.2, -0.15) is 0 Å². The molecule has 0 aliphatic carbocycles. The van der Waals surface area contributed by atoms with Crippen LogP contribution in [0, 0.1) is 0 Å². The van der Waals surface area contributed by atoms with Crippen molar-refractivity contribution in [1.29, 1.82) is 0 Å². The van der Waals surface area contributed by atoms with Crippen LogP contribution in [0.1, 0.15) is 44.2 Å². The van der Waals surface area contributed by atoms with Crippen molar-refractivity contribution in [2.75, 3.05) is 19.8 Å². The normalized spacial score (nSPS) is 20.8. The van der Waals surface area contributed by atoms with Crippen LogP contribution in [0.2, 0.25) is 0 Å². The highest BCUT2D eigenvalue weighted by Gasteiger charge is 2.12. The summed E-state index contributed by atoms with van der Waals surface area (Å²) in [6.45, 7) is 9.30. The summed E-state index contributed by atoms with van der Waals surface area (Å²) in [4.78, 5) is 0. The maximum Gasteiger partial charge on any atom is 0.0623 e. The Morgan fingerprint density at radius 1 is 1.37 bits per heavy atom. The molecule has 1 aromatic rings. The largest absolute Gasteiger partial charge is 0.379 e. The van der Waals surface area contributed by atoms with Gasteiger partial charge in [-0.05, 0) is 30.4 Å². The Morgan fingerprint density at radius 3 is 2.68 bits per heavy atom. The Bertz CT molecular complexity index is 413. The third-order valence-electron chi connectivity index (χ3n) is 3.58. The zero-order chi connectivity index (χ0) is 13.7. The quantitative estimate of drug-likeness (QED) is 0.892. The summed E-state index contributed by atoms with van der Waals surface area (Å²) in [6.07, 6.45) is 3.34. The molecule has 1 heterocycles. The number of rotatable bonds is 4. The molecule has 1 N–H and O–H groups in total. The third-order valence-corrected chi connectivity index (χ3v) is 3.58. The van der Waals surface area contributed by atoms with Crippen LogP contribution in [0.25, 0.3) is 6.08 Å². The molecule has 2 heteroatoms. The smallest absolute Gasteiger partial charge is 0.0623 e. The lowest BCUT2D eigenvalue weighted by atomic mass is 10.00. The van der Waals surface area contributed by atoms with Crippen molar-refractivity contribution in [3.8, 4) is 0 Å². The van der Waals surface area contributed by atoms with E-state index in [2.05, 4.69) is 56.4 Å². The van der Waals surface area contributed by atoms with E-state index in [1.807, 2.05) is 0 Å². The van der Waals surface area contributed by atoms with Gasteiger partial charge in [-0.1, -0.05) is 49.8 Å². The van der Waals surface area contributed by atoms with Gasteiger partial charge >= 0.3 is 0 Å². The highest BCUT2D eigenvalue weighted by Crippen LogP contribution is 2.17. The van der Waals surface area contributed by atoms with Gasteiger partial charge in [0.05, 0.1) is 13.2 Å². The van der Waals surface area contributed by atoms with E-state index in [9.17, 15) is 0 Å². The predicted octanol–water partition coefficient (Wildman–Crippen LogP) is 3.59. The molecule has 2 rings (SSSR count). The molecule has 0 radical (unpaired) electrons. The van der Waals surface area contributed by atoms with Crippen LogP contribution in [0.3, 0.4) is 0 Å². The van der Waals surface area contributed by atoms with Crippen molar-refractivity contribution in [2.24, 2.45) is 0 Å². The van der Waals surface area contributed by atoms with Gasteiger partial charge in [0, 0.05) is 12.6 Å². The molecule has 1 saturated heterocycles. The van der Waals surface area contributed by atoms with E-state index in [4.69, 9.17) is 4.74 Å². The van der Waals surface area contributed by atoms with Gasteiger partial charge in [-0.25, -0.2) is 0 Å². The van der Waals surface area contributed by atoms with Crippen LogP contribution < -0.4 is 5.32 Å². The molecule has 0 aromatic heterocycles. The topological polar surface area (TPSA) is 21.3 Å². The average Bonchev–Trinajstić information content (AvgIpc) is 2.40. The Hall–Kier alpha value is -1.12. The van der Waals surface area contributed by atoms with Crippen molar-refractivity contribution in [1.82, 2.24) is 5.32 Å². The van der Waals surface area contributed by atoms with Gasteiger partial charge in [0.1, 0.15) is 0 Å². The SMILES string of the molecule is C/C(=C/c1ccc(C(C)C)cc1)CC1COCCN1. The zero-order valence-corrected chi connectivity index (χ0v) is 12.3. The van der Waals surface area contributed by atoms with Crippen molar-refractivity contribution in [3.63, 3.8) is 0 Å². The molecule has 1 unspecified atom stereocenters. The lowest BCUT2D eigenvalue weighted by molar-refractivity contribution is 0.0771. The van der Waals surface area contributed by atoms with Gasteiger partial charge in [0.2, 0.25) is 0 Å². The number of benzene rings is 1. The van der Waals surface area contributed by atoms with Crippen molar-refractivity contribution in [3.05, 3.63) is 41.0 Å². The van der Waals surface area contributed by atoms with Crippen LogP contribution >= 0.6 is 0 Å². The monoisotopic (exact) mass is 259 g/mol. The standard InChI is InChI=1S/C17H25NO/c1-13(2)16-6-4-15(5-7-16)10-14(3)11-17-12-19-9-8-18-17/h4-7,10,13,17-18H,8-9,11-12H2,1-3H3/b14-10-. The first-order chi connectivity index (χ1) is 9.15. The summed E-state index contributed by atoms with van der Waals surface area (Å²) in [5, 5.41) is 3.49. The fourth-order valence-corrected chi connectivity index (χ4v) is 2.46. The molecule has 0 saturated carbocycles. The fourth-order valence-electron chi connectivity index (χ4n) is 2.46. The van der Waals surface area contributed by atoms with E-state index in [1.165, 1.54) is 16.7 Å². The Balaban J connectivity index is 1.95.